The molecular weight excluding hydrogens is 232 g/mol. The summed E-state index contributed by atoms with van der Waals surface area (Å²) in [6.45, 7) is 5.44. The predicted octanol–water partition coefficient (Wildman–Crippen LogP) is -0.797. The number of aliphatic hydroxyl groups is 1. The first kappa shape index (κ1) is 13.5. The van der Waals surface area contributed by atoms with E-state index in [1.165, 1.54) is 0 Å². The molecule has 0 spiro atoms. The van der Waals surface area contributed by atoms with Gasteiger partial charge < -0.3 is 15.2 Å². The van der Waals surface area contributed by atoms with Gasteiger partial charge in [0.1, 0.15) is 0 Å². The third-order valence-electron chi connectivity index (χ3n) is 3.04. The average molecular weight is 254 g/mol. The maximum atomic E-state index is 9.92. The Balaban J connectivity index is 1.60. The number of morpholine rings is 1. The maximum absolute atomic E-state index is 9.92. The van der Waals surface area contributed by atoms with Crippen LogP contribution < -0.4 is 5.32 Å². The lowest BCUT2D eigenvalue weighted by atomic mass is 10.3. The number of aryl methyl sites for hydroxylation is 1. The van der Waals surface area contributed by atoms with Gasteiger partial charge in [0.25, 0.3) is 0 Å². The Morgan fingerprint density at radius 1 is 1.50 bits per heavy atom. The SMILES string of the molecule is Cn1cc(CNCC(O)CN2CCOCC2)cn1. The van der Waals surface area contributed by atoms with Gasteiger partial charge >= 0.3 is 0 Å². The first-order chi connectivity index (χ1) is 8.74. The molecule has 2 heterocycles. The molecule has 2 N–H and O–H groups in total. The van der Waals surface area contributed by atoms with E-state index in [-0.39, 0.29) is 6.10 Å². The number of aromatic nitrogens is 2. The van der Waals surface area contributed by atoms with Gasteiger partial charge in [0.05, 0.1) is 25.5 Å². The summed E-state index contributed by atoms with van der Waals surface area (Å²) in [5.74, 6) is 0. The third kappa shape index (κ3) is 4.38. The lowest BCUT2D eigenvalue weighted by Crippen LogP contribution is -2.43. The Bertz CT molecular complexity index is 350. The van der Waals surface area contributed by atoms with Crippen LogP contribution in [-0.4, -0.2) is 65.3 Å². The van der Waals surface area contributed by atoms with Crippen LogP contribution in [0.5, 0.6) is 0 Å². The molecule has 0 amide bonds. The highest BCUT2D eigenvalue weighted by molar-refractivity contribution is 5.02. The van der Waals surface area contributed by atoms with Crippen molar-refractivity contribution in [1.82, 2.24) is 20.0 Å². The summed E-state index contributed by atoms with van der Waals surface area (Å²) in [6.07, 6.45) is 3.47. The van der Waals surface area contributed by atoms with E-state index in [9.17, 15) is 5.11 Å². The lowest BCUT2D eigenvalue weighted by Gasteiger charge is -2.28. The molecule has 1 aliphatic heterocycles. The molecular formula is C12H22N4O2. The molecule has 1 atom stereocenters. The van der Waals surface area contributed by atoms with Crippen molar-refractivity contribution in [3.63, 3.8) is 0 Å². The predicted molar refractivity (Wildman–Crippen MR) is 68.2 cm³/mol. The molecule has 1 unspecified atom stereocenters. The first-order valence-electron chi connectivity index (χ1n) is 6.40. The second kappa shape index (κ2) is 6.84. The van der Waals surface area contributed by atoms with Crippen LogP contribution in [0.3, 0.4) is 0 Å². The van der Waals surface area contributed by atoms with Crippen LogP contribution in [-0.2, 0) is 18.3 Å². The summed E-state index contributed by atoms with van der Waals surface area (Å²) in [4.78, 5) is 2.24. The van der Waals surface area contributed by atoms with Crippen LogP contribution in [0.25, 0.3) is 0 Å². The zero-order valence-corrected chi connectivity index (χ0v) is 10.9. The number of hydrogen-bond acceptors (Lipinski definition) is 5. The van der Waals surface area contributed by atoms with E-state index in [4.69, 9.17) is 4.74 Å². The summed E-state index contributed by atoms with van der Waals surface area (Å²) in [7, 11) is 1.90. The number of nitrogens with zero attached hydrogens (tertiary/aromatic N) is 3. The van der Waals surface area contributed by atoms with Crippen molar-refractivity contribution < 1.29 is 9.84 Å². The van der Waals surface area contributed by atoms with E-state index in [0.29, 0.717) is 13.1 Å². The van der Waals surface area contributed by atoms with Crippen LogP contribution in [0.15, 0.2) is 12.4 Å². The number of β-amino-alcohol motifs (C(OH)–C–C–N with tert-alkyl or cyclic N) is 1. The fourth-order valence-corrected chi connectivity index (χ4v) is 2.09. The molecule has 0 radical (unpaired) electrons. The minimum Gasteiger partial charge on any atom is -0.390 e. The quantitative estimate of drug-likeness (QED) is 0.696. The van der Waals surface area contributed by atoms with Crippen LogP contribution >= 0.6 is 0 Å². The molecule has 0 aromatic carbocycles. The molecule has 6 nitrogen and oxygen atoms in total. The molecule has 0 aliphatic carbocycles. The molecule has 1 aromatic rings. The standard InChI is InChI=1S/C12H22N4O2/c1-15-9-11(7-14-15)6-13-8-12(17)10-16-2-4-18-5-3-16/h7,9,12-13,17H,2-6,8,10H2,1H3. The zero-order valence-electron chi connectivity index (χ0n) is 10.9. The third-order valence-corrected chi connectivity index (χ3v) is 3.04. The maximum Gasteiger partial charge on any atom is 0.0791 e. The Morgan fingerprint density at radius 3 is 2.94 bits per heavy atom. The molecule has 102 valence electrons. The molecule has 0 bridgehead atoms. The number of hydrogen-bond donors (Lipinski definition) is 2. The second-order valence-corrected chi connectivity index (χ2v) is 4.72. The fourth-order valence-electron chi connectivity index (χ4n) is 2.09. The van der Waals surface area contributed by atoms with Gasteiger partial charge in [-0.25, -0.2) is 0 Å². The Morgan fingerprint density at radius 2 is 2.28 bits per heavy atom. The summed E-state index contributed by atoms with van der Waals surface area (Å²) >= 11 is 0. The number of aliphatic hydroxyl groups excluding tert-OH is 1. The molecule has 1 fully saturated rings. The Labute approximate surface area is 108 Å². The highest BCUT2D eigenvalue weighted by Crippen LogP contribution is 1.99. The summed E-state index contributed by atoms with van der Waals surface area (Å²) in [5, 5.41) is 17.3. The van der Waals surface area contributed by atoms with Crippen molar-refractivity contribution in [2.24, 2.45) is 7.05 Å². The number of nitrogens with one attached hydrogen (secondary N) is 1. The van der Waals surface area contributed by atoms with Gasteiger partial charge in [-0.05, 0) is 0 Å². The van der Waals surface area contributed by atoms with Gasteiger partial charge in [0.2, 0.25) is 0 Å². The Hall–Kier alpha value is -0.950. The van der Waals surface area contributed by atoms with Crippen molar-refractivity contribution in [3.8, 4) is 0 Å². The van der Waals surface area contributed by atoms with Crippen molar-refractivity contribution in [1.29, 1.82) is 0 Å². The van der Waals surface area contributed by atoms with Crippen LogP contribution in [0.2, 0.25) is 0 Å². The van der Waals surface area contributed by atoms with Crippen LogP contribution in [0.4, 0.5) is 0 Å². The Kier molecular flexibility index (Phi) is 5.12. The highest BCUT2D eigenvalue weighted by Gasteiger charge is 2.14. The smallest absolute Gasteiger partial charge is 0.0791 e. The largest absolute Gasteiger partial charge is 0.390 e. The molecule has 2 rings (SSSR count). The van der Waals surface area contributed by atoms with Gasteiger partial charge in [0, 0.05) is 51.5 Å². The topological polar surface area (TPSA) is 62.5 Å². The van der Waals surface area contributed by atoms with Crippen LogP contribution in [0.1, 0.15) is 5.56 Å². The summed E-state index contributed by atoms with van der Waals surface area (Å²) < 4.78 is 7.05. The van der Waals surface area contributed by atoms with E-state index in [1.807, 2.05) is 19.4 Å². The number of ether oxygens (including phenoxy) is 1. The second-order valence-electron chi connectivity index (χ2n) is 4.72. The zero-order chi connectivity index (χ0) is 12.8. The average Bonchev–Trinajstić information content (AvgIpc) is 2.76. The monoisotopic (exact) mass is 254 g/mol. The van der Waals surface area contributed by atoms with Gasteiger partial charge in [-0.3, -0.25) is 9.58 Å². The van der Waals surface area contributed by atoms with Crippen molar-refractivity contribution in [2.75, 3.05) is 39.4 Å². The first-order valence-corrected chi connectivity index (χ1v) is 6.40. The van der Waals surface area contributed by atoms with Gasteiger partial charge in [-0.1, -0.05) is 0 Å². The van der Waals surface area contributed by atoms with Gasteiger partial charge in [0.15, 0.2) is 0 Å². The van der Waals surface area contributed by atoms with Crippen molar-refractivity contribution in [3.05, 3.63) is 18.0 Å². The normalized spacial score (nSPS) is 19.0. The van der Waals surface area contributed by atoms with Crippen LogP contribution in [0, 0.1) is 0 Å². The fraction of sp³-hybridized carbons (Fsp3) is 0.750. The molecule has 18 heavy (non-hydrogen) atoms. The van der Waals surface area contributed by atoms with E-state index in [0.717, 1.165) is 38.4 Å². The molecule has 1 saturated heterocycles. The van der Waals surface area contributed by atoms with Crippen molar-refractivity contribution in [2.45, 2.75) is 12.6 Å². The minimum atomic E-state index is -0.334. The summed E-state index contributed by atoms with van der Waals surface area (Å²) in [5.41, 5.74) is 1.14. The highest BCUT2D eigenvalue weighted by atomic mass is 16.5. The molecule has 0 saturated carbocycles. The van der Waals surface area contributed by atoms with Gasteiger partial charge in [-0.2, -0.15) is 5.10 Å². The van der Waals surface area contributed by atoms with E-state index in [2.05, 4.69) is 15.3 Å². The van der Waals surface area contributed by atoms with Crippen molar-refractivity contribution >= 4 is 0 Å². The van der Waals surface area contributed by atoms with Gasteiger partial charge in [-0.15, -0.1) is 0 Å². The molecule has 6 heteroatoms. The minimum absolute atomic E-state index is 0.334. The molecule has 1 aliphatic rings. The lowest BCUT2D eigenvalue weighted by molar-refractivity contribution is 0.0149. The van der Waals surface area contributed by atoms with E-state index < -0.39 is 0 Å². The van der Waals surface area contributed by atoms with E-state index >= 15 is 0 Å². The summed E-state index contributed by atoms with van der Waals surface area (Å²) in [6, 6.07) is 0. The number of rotatable bonds is 6. The van der Waals surface area contributed by atoms with E-state index in [1.54, 1.807) is 4.68 Å². The molecule has 1 aromatic heterocycles.